The standard InChI is InChI=1S/C14H16O2/c1-11(2)10-16-14-8-6-13(7-9-14)5-4-12(3)15/h4-9H,1,10H2,2-3H3/b5-4+. The highest BCUT2D eigenvalue weighted by Crippen LogP contribution is 2.13. The van der Waals surface area contributed by atoms with Crippen LogP contribution < -0.4 is 4.74 Å². The van der Waals surface area contributed by atoms with Crippen LogP contribution in [0.2, 0.25) is 0 Å². The van der Waals surface area contributed by atoms with Crippen LogP contribution in [0.25, 0.3) is 6.08 Å². The van der Waals surface area contributed by atoms with Crippen molar-refractivity contribution in [3.8, 4) is 5.75 Å². The van der Waals surface area contributed by atoms with E-state index in [4.69, 9.17) is 4.74 Å². The van der Waals surface area contributed by atoms with Crippen LogP contribution in [-0.4, -0.2) is 12.4 Å². The highest BCUT2D eigenvalue weighted by atomic mass is 16.5. The SMILES string of the molecule is C=C(C)COc1ccc(/C=C/C(C)=O)cc1. The van der Waals surface area contributed by atoms with Gasteiger partial charge in [0, 0.05) is 0 Å². The van der Waals surface area contributed by atoms with E-state index >= 15 is 0 Å². The Kier molecular flexibility index (Phi) is 4.52. The van der Waals surface area contributed by atoms with Gasteiger partial charge < -0.3 is 4.74 Å². The number of ether oxygens (including phenoxy) is 1. The molecule has 0 fully saturated rings. The summed E-state index contributed by atoms with van der Waals surface area (Å²) in [6, 6.07) is 7.58. The number of benzene rings is 1. The van der Waals surface area contributed by atoms with Gasteiger partial charge in [-0.05, 0) is 43.2 Å². The Bertz CT molecular complexity index is 399. The Hall–Kier alpha value is -1.83. The van der Waals surface area contributed by atoms with Gasteiger partial charge >= 0.3 is 0 Å². The number of allylic oxidation sites excluding steroid dienone is 1. The highest BCUT2D eigenvalue weighted by Gasteiger charge is 1.93. The quantitative estimate of drug-likeness (QED) is 0.558. The summed E-state index contributed by atoms with van der Waals surface area (Å²) in [5.74, 6) is 0.852. The lowest BCUT2D eigenvalue weighted by molar-refractivity contribution is -0.112. The van der Waals surface area contributed by atoms with Gasteiger partial charge in [-0.25, -0.2) is 0 Å². The highest BCUT2D eigenvalue weighted by molar-refractivity contribution is 5.91. The van der Waals surface area contributed by atoms with Crippen molar-refractivity contribution in [3.63, 3.8) is 0 Å². The van der Waals surface area contributed by atoms with Crippen LogP contribution in [0.4, 0.5) is 0 Å². The molecule has 1 aromatic rings. The average molecular weight is 216 g/mol. The first-order valence-corrected chi connectivity index (χ1v) is 5.14. The van der Waals surface area contributed by atoms with Crippen molar-refractivity contribution < 1.29 is 9.53 Å². The second kappa shape index (κ2) is 5.91. The Labute approximate surface area is 96.2 Å². The van der Waals surface area contributed by atoms with Crippen LogP contribution in [0.5, 0.6) is 5.75 Å². The average Bonchev–Trinajstić information content (AvgIpc) is 2.25. The Morgan fingerprint density at radius 2 is 1.94 bits per heavy atom. The fourth-order valence-electron chi connectivity index (χ4n) is 1.10. The zero-order valence-corrected chi connectivity index (χ0v) is 9.69. The van der Waals surface area contributed by atoms with E-state index in [0.717, 1.165) is 16.9 Å². The van der Waals surface area contributed by atoms with Crippen LogP contribution >= 0.6 is 0 Å². The smallest absolute Gasteiger partial charge is 0.152 e. The van der Waals surface area contributed by atoms with Crippen molar-refractivity contribution in [1.82, 2.24) is 0 Å². The molecule has 0 amide bonds. The maximum absolute atomic E-state index is 10.7. The van der Waals surface area contributed by atoms with Crippen molar-refractivity contribution in [3.05, 3.63) is 48.1 Å². The van der Waals surface area contributed by atoms with Gasteiger partial charge in [0.25, 0.3) is 0 Å². The van der Waals surface area contributed by atoms with Crippen LogP contribution in [-0.2, 0) is 4.79 Å². The molecule has 2 heteroatoms. The lowest BCUT2D eigenvalue weighted by atomic mass is 10.2. The molecule has 0 saturated heterocycles. The second-order valence-corrected chi connectivity index (χ2v) is 3.76. The molecule has 0 atom stereocenters. The van der Waals surface area contributed by atoms with Gasteiger partial charge in [-0.1, -0.05) is 24.8 Å². The Balaban J connectivity index is 2.60. The van der Waals surface area contributed by atoms with E-state index in [1.807, 2.05) is 31.2 Å². The summed E-state index contributed by atoms with van der Waals surface area (Å²) in [5, 5.41) is 0. The maximum atomic E-state index is 10.7. The first-order valence-electron chi connectivity index (χ1n) is 5.14. The third kappa shape index (κ3) is 4.60. The molecular weight excluding hydrogens is 200 g/mol. The minimum absolute atomic E-state index is 0.0441. The number of hydrogen-bond acceptors (Lipinski definition) is 2. The fourth-order valence-corrected chi connectivity index (χ4v) is 1.10. The van der Waals surface area contributed by atoms with E-state index in [1.165, 1.54) is 6.92 Å². The van der Waals surface area contributed by atoms with E-state index in [0.29, 0.717) is 6.61 Å². The second-order valence-electron chi connectivity index (χ2n) is 3.76. The van der Waals surface area contributed by atoms with E-state index in [-0.39, 0.29) is 5.78 Å². The van der Waals surface area contributed by atoms with Gasteiger partial charge in [0.1, 0.15) is 12.4 Å². The topological polar surface area (TPSA) is 26.3 Å². The molecule has 0 spiro atoms. The maximum Gasteiger partial charge on any atom is 0.152 e. The first kappa shape index (κ1) is 12.2. The molecule has 0 heterocycles. The van der Waals surface area contributed by atoms with Crippen LogP contribution in [0.3, 0.4) is 0 Å². The molecule has 84 valence electrons. The minimum atomic E-state index is 0.0441. The van der Waals surface area contributed by atoms with Crippen molar-refractivity contribution in [2.24, 2.45) is 0 Å². The molecule has 0 bridgehead atoms. The molecule has 1 rings (SSSR count). The van der Waals surface area contributed by atoms with Crippen molar-refractivity contribution in [2.45, 2.75) is 13.8 Å². The van der Waals surface area contributed by atoms with Crippen molar-refractivity contribution >= 4 is 11.9 Å². The predicted octanol–water partition coefficient (Wildman–Crippen LogP) is 3.24. The molecular formula is C14H16O2. The fraction of sp³-hybridized carbons (Fsp3) is 0.214. The van der Waals surface area contributed by atoms with Crippen molar-refractivity contribution in [2.75, 3.05) is 6.61 Å². The number of carbonyl (C=O) groups is 1. The zero-order valence-electron chi connectivity index (χ0n) is 9.69. The van der Waals surface area contributed by atoms with E-state index in [2.05, 4.69) is 6.58 Å². The number of rotatable bonds is 5. The van der Waals surface area contributed by atoms with E-state index in [9.17, 15) is 4.79 Å². The third-order valence-electron chi connectivity index (χ3n) is 1.88. The first-order chi connectivity index (χ1) is 7.58. The molecule has 0 aliphatic heterocycles. The molecule has 0 aliphatic rings. The van der Waals surface area contributed by atoms with Gasteiger partial charge in [0.05, 0.1) is 0 Å². The monoisotopic (exact) mass is 216 g/mol. The zero-order chi connectivity index (χ0) is 12.0. The Morgan fingerprint density at radius 1 is 1.31 bits per heavy atom. The molecule has 0 N–H and O–H groups in total. The molecule has 0 aromatic heterocycles. The minimum Gasteiger partial charge on any atom is -0.489 e. The van der Waals surface area contributed by atoms with Crippen LogP contribution in [0, 0.1) is 0 Å². The van der Waals surface area contributed by atoms with Gasteiger partial charge in [-0.15, -0.1) is 0 Å². The van der Waals surface area contributed by atoms with Gasteiger partial charge in [0.15, 0.2) is 5.78 Å². The molecule has 0 aliphatic carbocycles. The summed E-state index contributed by atoms with van der Waals surface area (Å²) >= 11 is 0. The number of carbonyl (C=O) groups excluding carboxylic acids is 1. The predicted molar refractivity (Wildman–Crippen MR) is 66.5 cm³/mol. The summed E-state index contributed by atoms with van der Waals surface area (Å²) < 4.78 is 5.46. The van der Waals surface area contributed by atoms with Gasteiger partial charge in [-0.3, -0.25) is 4.79 Å². The summed E-state index contributed by atoms with van der Waals surface area (Å²) in [5.41, 5.74) is 1.97. The number of ketones is 1. The summed E-state index contributed by atoms with van der Waals surface area (Å²) in [6.07, 6.45) is 3.33. The number of hydrogen-bond donors (Lipinski definition) is 0. The molecule has 2 nitrogen and oxygen atoms in total. The molecule has 16 heavy (non-hydrogen) atoms. The lowest BCUT2D eigenvalue weighted by Crippen LogP contribution is -1.97. The molecule has 1 aromatic carbocycles. The van der Waals surface area contributed by atoms with Crippen LogP contribution in [0.15, 0.2) is 42.5 Å². The van der Waals surface area contributed by atoms with Crippen LogP contribution in [0.1, 0.15) is 19.4 Å². The summed E-state index contributed by atoms with van der Waals surface area (Å²) in [6.45, 7) is 7.74. The third-order valence-corrected chi connectivity index (χ3v) is 1.88. The molecule has 0 unspecified atom stereocenters. The van der Waals surface area contributed by atoms with Gasteiger partial charge in [-0.2, -0.15) is 0 Å². The van der Waals surface area contributed by atoms with E-state index < -0.39 is 0 Å². The van der Waals surface area contributed by atoms with Crippen molar-refractivity contribution in [1.29, 1.82) is 0 Å². The van der Waals surface area contributed by atoms with Gasteiger partial charge in [0.2, 0.25) is 0 Å². The lowest BCUT2D eigenvalue weighted by Gasteiger charge is -2.05. The molecule has 0 radical (unpaired) electrons. The largest absolute Gasteiger partial charge is 0.489 e. The summed E-state index contributed by atoms with van der Waals surface area (Å²) in [7, 11) is 0. The summed E-state index contributed by atoms with van der Waals surface area (Å²) in [4.78, 5) is 10.7. The normalized spacial score (nSPS) is 10.4. The molecule has 0 saturated carbocycles. The Morgan fingerprint density at radius 3 is 2.44 bits per heavy atom. The van der Waals surface area contributed by atoms with E-state index in [1.54, 1.807) is 12.2 Å².